The molecule has 3 rings (SSSR count). The highest BCUT2D eigenvalue weighted by molar-refractivity contribution is 5.92. The minimum atomic E-state index is -0.137. The van der Waals surface area contributed by atoms with Crippen LogP contribution in [0.5, 0.6) is 0 Å². The van der Waals surface area contributed by atoms with E-state index in [1.807, 2.05) is 18.9 Å². The van der Waals surface area contributed by atoms with E-state index in [1.54, 1.807) is 22.8 Å². The molecule has 3 amide bonds. The van der Waals surface area contributed by atoms with E-state index in [-0.39, 0.29) is 17.5 Å². The van der Waals surface area contributed by atoms with Crippen LogP contribution >= 0.6 is 0 Å². The van der Waals surface area contributed by atoms with Crippen LogP contribution in [0.4, 0.5) is 10.5 Å². The van der Waals surface area contributed by atoms with Crippen LogP contribution in [0.2, 0.25) is 0 Å². The van der Waals surface area contributed by atoms with Crippen LogP contribution in [-0.2, 0) is 11.8 Å². The van der Waals surface area contributed by atoms with E-state index in [2.05, 4.69) is 15.7 Å². The molecule has 1 aromatic rings. The highest BCUT2D eigenvalue weighted by atomic mass is 16.2. The summed E-state index contributed by atoms with van der Waals surface area (Å²) in [5.41, 5.74) is 1.41. The van der Waals surface area contributed by atoms with Gasteiger partial charge in [-0.05, 0) is 6.92 Å². The number of aromatic nitrogens is 2. The fraction of sp³-hybridized carbons (Fsp3) is 0.615. The highest BCUT2D eigenvalue weighted by Gasteiger charge is 2.52. The standard InChI is InChI=1S/C13H20N6O2/c1-9-10(4-17(2)16-9)15-11(20)5-19-7-13(8-19)6-14-12(21)18(13)3/h4H,5-8H2,1-3H3,(H,14,21)(H,15,20). The summed E-state index contributed by atoms with van der Waals surface area (Å²) >= 11 is 0. The molecule has 2 fully saturated rings. The summed E-state index contributed by atoms with van der Waals surface area (Å²) in [6.07, 6.45) is 1.79. The van der Waals surface area contributed by atoms with E-state index in [1.165, 1.54) is 0 Å². The lowest BCUT2D eigenvalue weighted by molar-refractivity contribution is -0.120. The molecule has 114 valence electrons. The van der Waals surface area contributed by atoms with Gasteiger partial charge in [-0.2, -0.15) is 5.10 Å². The topological polar surface area (TPSA) is 82.5 Å². The summed E-state index contributed by atoms with van der Waals surface area (Å²) in [4.78, 5) is 27.3. The molecule has 0 saturated carbocycles. The Kier molecular flexibility index (Phi) is 3.12. The molecule has 3 heterocycles. The lowest BCUT2D eigenvalue weighted by Gasteiger charge is -2.50. The van der Waals surface area contributed by atoms with Crippen molar-refractivity contribution in [1.82, 2.24) is 24.9 Å². The molecule has 0 atom stereocenters. The maximum absolute atomic E-state index is 12.0. The first-order valence-corrected chi connectivity index (χ1v) is 6.94. The van der Waals surface area contributed by atoms with Gasteiger partial charge in [-0.1, -0.05) is 0 Å². The highest BCUT2D eigenvalue weighted by Crippen LogP contribution is 2.29. The lowest BCUT2D eigenvalue weighted by Crippen LogP contribution is -2.69. The largest absolute Gasteiger partial charge is 0.336 e. The van der Waals surface area contributed by atoms with Crippen LogP contribution in [-0.4, -0.2) is 70.3 Å². The van der Waals surface area contributed by atoms with Crippen molar-refractivity contribution in [2.45, 2.75) is 12.5 Å². The second-order valence-corrected chi connectivity index (χ2v) is 5.94. The molecule has 21 heavy (non-hydrogen) atoms. The van der Waals surface area contributed by atoms with Gasteiger partial charge in [-0.3, -0.25) is 14.4 Å². The number of urea groups is 1. The Morgan fingerprint density at radius 1 is 1.48 bits per heavy atom. The zero-order valence-electron chi connectivity index (χ0n) is 12.5. The molecule has 8 heteroatoms. The number of hydrogen-bond donors (Lipinski definition) is 2. The zero-order valence-corrected chi connectivity index (χ0v) is 12.5. The van der Waals surface area contributed by atoms with Gasteiger partial charge >= 0.3 is 6.03 Å². The molecular formula is C13H20N6O2. The monoisotopic (exact) mass is 292 g/mol. The molecule has 0 bridgehead atoms. The fourth-order valence-corrected chi connectivity index (χ4v) is 3.03. The third-order valence-corrected chi connectivity index (χ3v) is 4.28. The maximum atomic E-state index is 12.0. The minimum absolute atomic E-state index is 0.0370. The molecule has 0 unspecified atom stereocenters. The molecule has 2 aliphatic heterocycles. The quantitative estimate of drug-likeness (QED) is 0.777. The molecule has 2 N–H and O–H groups in total. The smallest absolute Gasteiger partial charge is 0.317 e. The van der Waals surface area contributed by atoms with Gasteiger partial charge < -0.3 is 15.5 Å². The Balaban J connectivity index is 1.52. The van der Waals surface area contributed by atoms with E-state index in [9.17, 15) is 9.59 Å². The summed E-state index contributed by atoms with van der Waals surface area (Å²) in [5, 5.41) is 9.89. The van der Waals surface area contributed by atoms with Gasteiger partial charge in [-0.15, -0.1) is 0 Å². The SMILES string of the molecule is Cc1nn(C)cc1NC(=O)CN1CC2(CNC(=O)N2C)C1. The van der Waals surface area contributed by atoms with Crippen molar-refractivity contribution in [3.63, 3.8) is 0 Å². The van der Waals surface area contributed by atoms with Crippen molar-refractivity contribution in [2.24, 2.45) is 7.05 Å². The van der Waals surface area contributed by atoms with E-state index in [4.69, 9.17) is 0 Å². The van der Waals surface area contributed by atoms with Crippen LogP contribution < -0.4 is 10.6 Å². The molecule has 0 radical (unpaired) electrons. The van der Waals surface area contributed by atoms with Gasteiger partial charge in [0.15, 0.2) is 0 Å². The van der Waals surface area contributed by atoms with Crippen molar-refractivity contribution >= 4 is 17.6 Å². The van der Waals surface area contributed by atoms with Crippen LogP contribution in [0.1, 0.15) is 5.69 Å². The van der Waals surface area contributed by atoms with E-state index >= 15 is 0 Å². The fourth-order valence-electron chi connectivity index (χ4n) is 3.03. The van der Waals surface area contributed by atoms with Crippen LogP contribution in [0.15, 0.2) is 6.20 Å². The zero-order chi connectivity index (χ0) is 15.2. The number of hydrogen-bond acceptors (Lipinski definition) is 4. The number of likely N-dealkylation sites (tertiary alicyclic amines) is 1. The number of carbonyl (C=O) groups excluding carboxylic acids is 2. The van der Waals surface area contributed by atoms with Crippen molar-refractivity contribution < 1.29 is 9.59 Å². The Morgan fingerprint density at radius 3 is 2.71 bits per heavy atom. The molecular weight excluding hydrogens is 272 g/mol. The maximum Gasteiger partial charge on any atom is 0.317 e. The molecule has 8 nitrogen and oxygen atoms in total. The first-order valence-electron chi connectivity index (χ1n) is 6.94. The Morgan fingerprint density at radius 2 is 2.19 bits per heavy atom. The molecule has 1 aromatic heterocycles. The average molecular weight is 292 g/mol. The van der Waals surface area contributed by atoms with Crippen molar-refractivity contribution in [3.8, 4) is 0 Å². The number of carbonyl (C=O) groups is 2. The minimum Gasteiger partial charge on any atom is -0.336 e. The van der Waals surface area contributed by atoms with Gasteiger partial charge in [0.2, 0.25) is 5.91 Å². The van der Waals surface area contributed by atoms with Crippen molar-refractivity contribution in [3.05, 3.63) is 11.9 Å². The second-order valence-electron chi connectivity index (χ2n) is 5.94. The van der Waals surface area contributed by atoms with Gasteiger partial charge in [0.1, 0.15) is 0 Å². The average Bonchev–Trinajstić information content (AvgIpc) is 2.82. The van der Waals surface area contributed by atoms with Gasteiger partial charge in [-0.25, -0.2) is 4.79 Å². The number of amides is 3. The Bertz CT molecular complexity index is 589. The first kappa shape index (κ1) is 13.9. The van der Waals surface area contributed by atoms with Crippen molar-refractivity contribution in [2.75, 3.05) is 38.5 Å². The van der Waals surface area contributed by atoms with Gasteiger partial charge in [0.25, 0.3) is 0 Å². The van der Waals surface area contributed by atoms with Gasteiger partial charge in [0.05, 0.1) is 23.5 Å². The number of aryl methyl sites for hydroxylation is 2. The third-order valence-electron chi connectivity index (χ3n) is 4.28. The second kappa shape index (κ2) is 4.73. The number of rotatable bonds is 3. The summed E-state index contributed by atoms with van der Waals surface area (Å²) in [7, 11) is 3.63. The van der Waals surface area contributed by atoms with E-state index in [0.29, 0.717) is 13.1 Å². The summed E-state index contributed by atoms with van der Waals surface area (Å²) in [6, 6.07) is -0.0370. The van der Waals surface area contributed by atoms with Crippen LogP contribution in [0.3, 0.4) is 0 Å². The van der Waals surface area contributed by atoms with E-state index in [0.717, 1.165) is 24.5 Å². The number of anilines is 1. The predicted molar refractivity (Wildman–Crippen MR) is 76.9 cm³/mol. The first-order chi connectivity index (χ1) is 9.89. The molecule has 1 spiro atoms. The summed E-state index contributed by atoms with van der Waals surface area (Å²) < 4.78 is 1.67. The molecule has 0 aliphatic carbocycles. The number of nitrogens with zero attached hydrogens (tertiary/aromatic N) is 4. The molecule has 0 aromatic carbocycles. The Hall–Kier alpha value is -2.09. The van der Waals surface area contributed by atoms with Crippen LogP contribution in [0, 0.1) is 6.92 Å². The molecule has 2 aliphatic rings. The van der Waals surface area contributed by atoms with Crippen molar-refractivity contribution in [1.29, 1.82) is 0 Å². The summed E-state index contributed by atoms with van der Waals surface area (Å²) in [6.45, 7) is 4.29. The lowest BCUT2D eigenvalue weighted by atomic mass is 9.89. The van der Waals surface area contributed by atoms with E-state index < -0.39 is 0 Å². The summed E-state index contributed by atoms with van der Waals surface area (Å²) in [5.74, 6) is -0.0547. The number of likely N-dealkylation sites (N-methyl/N-ethyl adjacent to an activating group) is 1. The third kappa shape index (κ3) is 2.35. The predicted octanol–water partition coefficient (Wildman–Crippen LogP) is -0.624. The van der Waals surface area contributed by atoms with Crippen LogP contribution in [0.25, 0.3) is 0 Å². The molecule has 2 saturated heterocycles. The van der Waals surface area contributed by atoms with Gasteiger partial charge in [0, 0.05) is 39.9 Å². The number of nitrogens with one attached hydrogen (secondary N) is 2. The Labute approximate surface area is 123 Å². The normalized spacial score (nSPS) is 20.5.